The summed E-state index contributed by atoms with van der Waals surface area (Å²) in [6, 6.07) is 17.1. The maximum absolute atomic E-state index is 4.62. The number of hydrogen-bond acceptors (Lipinski definition) is 4. The second kappa shape index (κ2) is 10.3. The Bertz CT molecular complexity index is 1370. The molecule has 3 aromatic heterocycles. The van der Waals surface area contributed by atoms with Crippen LogP contribution in [0.25, 0.3) is 10.9 Å². The van der Waals surface area contributed by atoms with Crippen LogP contribution < -0.4 is 0 Å². The van der Waals surface area contributed by atoms with E-state index in [9.17, 15) is 0 Å². The predicted octanol–water partition coefficient (Wildman–Crippen LogP) is 4.71. The summed E-state index contributed by atoms with van der Waals surface area (Å²) in [6.07, 6.45) is 8.94. The van der Waals surface area contributed by atoms with Crippen molar-refractivity contribution >= 4 is 48.7 Å². The molecule has 2 aromatic carbocycles. The quantitative estimate of drug-likeness (QED) is 0.186. The van der Waals surface area contributed by atoms with Gasteiger partial charge in [-0.2, -0.15) is 0 Å². The van der Waals surface area contributed by atoms with Gasteiger partial charge in [-0.15, -0.1) is 0 Å². The topological polar surface area (TPSA) is 64.3 Å². The fourth-order valence-electron chi connectivity index (χ4n) is 4.11. The molecule has 0 atom stereocenters. The van der Waals surface area contributed by atoms with Crippen molar-refractivity contribution in [1.29, 1.82) is 0 Å². The normalized spacial score (nSPS) is 11.4. The summed E-state index contributed by atoms with van der Waals surface area (Å²) in [6.45, 7) is 3.02. The van der Waals surface area contributed by atoms with Crippen molar-refractivity contribution in [3.8, 4) is 0 Å². The Kier molecular flexibility index (Phi) is 6.96. The van der Waals surface area contributed by atoms with Gasteiger partial charge in [0.25, 0.3) is 0 Å². The van der Waals surface area contributed by atoms with Crippen molar-refractivity contribution in [1.82, 2.24) is 27.1 Å². The molecule has 0 spiro atoms. The van der Waals surface area contributed by atoms with E-state index in [-0.39, 0.29) is 0 Å². The van der Waals surface area contributed by atoms with Gasteiger partial charge < -0.3 is 0 Å². The van der Waals surface area contributed by atoms with Gasteiger partial charge in [0.05, 0.1) is 0 Å². The summed E-state index contributed by atoms with van der Waals surface area (Å²) < 4.78 is 4.47. The third kappa shape index (κ3) is 5.40. The Morgan fingerprint density at radius 2 is 2.00 bits per heavy atom. The van der Waals surface area contributed by atoms with Crippen molar-refractivity contribution in [2.24, 2.45) is 0 Å². The first kappa shape index (κ1) is 22.4. The van der Waals surface area contributed by atoms with Crippen molar-refractivity contribution in [3.63, 3.8) is 0 Å². The van der Waals surface area contributed by atoms with Crippen molar-refractivity contribution in [2.45, 2.75) is 43.6 Å². The fraction of sp³-hybridized carbons (Fsp3) is 0.240. The number of hydrogen-bond donors (Lipinski definition) is 1. The third-order valence-corrected chi connectivity index (χ3v) is 7.87. The van der Waals surface area contributed by atoms with E-state index >= 15 is 0 Å². The van der Waals surface area contributed by atoms with Gasteiger partial charge in [0.15, 0.2) is 0 Å². The van der Waals surface area contributed by atoms with E-state index in [1.807, 2.05) is 6.33 Å². The Morgan fingerprint density at radius 1 is 1.09 bits per heavy atom. The number of nitrogens with zero attached hydrogens (tertiary/aromatic N) is 5. The fourth-order valence-corrected chi connectivity index (χ4v) is 5.96. The minimum absolute atomic E-state index is 0.762. The van der Waals surface area contributed by atoms with Gasteiger partial charge in [0.1, 0.15) is 0 Å². The Morgan fingerprint density at radius 3 is 2.85 bits per heavy atom. The number of aromatic amines is 1. The molecule has 0 aliphatic carbocycles. The van der Waals surface area contributed by atoms with Crippen LogP contribution in [0.5, 0.6) is 0 Å². The molecule has 0 bridgehead atoms. The van der Waals surface area contributed by atoms with Gasteiger partial charge in [-0.05, 0) is 13.0 Å². The standard InChI is InChI=1S/C25H25N6S.Tl/c1-18-6-4-7-19(12-18)16-32-25-30-29-24(31(25)11-5-8-21-15-26-17-28-21)13-20-14-27-23-10-3-2-9-22(20)23;/h2-4,6-7,9-10,12,14-15,17,27H,5,8,11,13,16H2,1H3;/q-1;+1. The number of aromatic nitrogens is 6. The molecule has 0 aliphatic rings. The molecule has 6 nitrogen and oxygen atoms in total. The Labute approximate surface area is 214 Å². The van der Waals surface area contributed by atoms with Crippen LogP contribution in [0.1, 0.15) is 34.6 Å². The van der Waals surface area contributed by atoms with Crippen molar-refractivity contribution in [2.75, 3.05) is 0 Å². The molecular formula is C25H25N6STl. The van der Waals surface area contributed by atoms with Crippen LogP contribution in [-0.2, 0) is 25.1 Å². The second-order valence-electron chi connectivity index (χ2n) is 8.28. The van der Waals surface area contributed by atoms with Crippen LogP contribution in [0.2, 0.25) is 0 Å². The molecule has 0 saturated heterocycles. The molecule has 164 valence electrons. The van der Waals surface area contributed by atoms with Crippen LogP contribution in [0.15, 0.2) is 72.4 Å². The number of thioether (sulfide) groups is 1. The second-order valence-corrected chi connectivity index (χ2v) is 11.5. The molecule has 5 rings (SSSR count). The first-order valence-electron chi connectivity index (χ1n) is 11.1. The van der Waals surface area contributed by atoms with Crippen LogP contribution in [-0.4, -0.2) is 53.2 Å². The van der Waals surface area contributed by atoms with Gasteiger partial charge in [-0.3, -0.25) is 0 Å². The maximum atomic E-state index is 4.62. The summed E-state index contributed by atoms with van der Waals surface area (Å²) >= 11 is 2.53. The molecule has 0 saturated carbocycles. The van der Waals surface area contributed by atoms with Gasteiger partial charge >= 0.3 is 172 Å². The molecule has 3 heterocycles. The molecule has 5 aromatic rings. The van der Waals surface area contributed by atoms with Crippen LogP contribution >= 0.6 is 11.8 Å². The number of fused-ring (bicyclic) bond motifs is 1. The summed E-state index contributed by atoms with van der Waals surface area (Å²) in [5.74, 6) is 1.90. The first-order valence-corrected chi connectivity index (χ1v) is 14.1. The van der Waals surface area contributed by atoms with Gasteiger partial charge in [0, 0.05) is 0 Å². The number of benzene rings is 2. The Hall–Kier alpha value is -2.40. The third-order valence-electron chi connectivity index (χ3n) is 5.74. The molecule has 0 radical (unpaired) electrons. The minimum atomic E-state index is 0.762. The van der Waals surface area contributed by atoms with Crippen LogP contribution in [0, 0.1) is 6.92 Å². The zero-order chi connectivity index (χ0) is 22.6. The number of rotatable bonds is 9. The predicted molar refractivity (Wildman–Crippen MR) is 134 cm³/mol. The molecular weight excluding hydrogens is 621 g/mol. The molecule has 0 aliphatic heterocycles. The zero-order valence-electron chi connectivity index (χ0n) is 18.6. The summed E-state index contributed by atoms with van der Waals surface area (Å²) in [5, 5.41) is 11.5. The average Bonchev–Trinajstić information content (AvgIpc) is 3.53. The molecule has 8 heteroatoms. The summed E-state index contributed by atoms with van der Waals surface area (Å²) in [7, 11) is 0. The van der Waals surface area contributed by atoms with Gasteiger partial charge in [-0.25, -0.2) is 0 Å². The number of para-hydroxylation sites is 1. The van der Waals surface area contributed by atoms with Crippen LogP contribution in [0.3, 0.4) is 0 Å². The van der Waals surface area contributed by atoms with Gasteiger partial charge in [-0.1, -0.05) is 29.8 Å². The number of H-pyrrole nitrogens is 1. The molecule has 0 amide bonds. The van der Waals surface area contributed by atoms with E-state index in [0.717, 1.165) is 79.8 Å². The molecule has 0 fully saturated rings. The molecule has 33 heavy (non-hydrogen) atoms. The summed E-state index contributed by atoms with van der Waals surface area (Å²) in [4.78, 5) is 7.90. The summed E-state index contributed by atoms with van der Waals surface area (Å²) in [5.41, 5.74) is 6.18. The van der Waals surface area contributed by atoms with Gasteiger partial charge in [0.2, 0.25) is 0 Å². The number of nitrogens with one attached hydrogen (secondary N) is 1. The number of aryl methyl sites for hydroxylation is 2. The van der Waals surface area contributed by atoms with Crippen LogP contribution in [0.4, 0.5) is 0 Å². The van der Waals surface area contributed by atoms with Crippen molar-refractivity contribution in [3.05, 3.63) is 95.5 Å². The van der Waals surface area contributed by atoms with E-state index in [2.05, 4.69) is 95.0 Å². The first-order chi connectivity index (χ1) is 16.2. The SMILES string of the molecule is Cc1cccc(CSc2nnc(Cc3c[nH]c4ccccc34)n2CCCc2c[n]([Tl])cn2)c1. The Balaban J connectivity index is 1.36. The monoisotopic (exact) mass is 646 g/mol. The van der Waals surface area contributed by atoms with E-state index in [1.54, 1.807) is 11.8 Å². The van der Waals surface area contributed by atoms with E-state index in [1.165, 1.54) is 22.1 Å². The zero-order valence-corrected chi connectivity index (χ0v) is 23.9. The molecule has 0 unspecified atom stereocenters. The van der Waals surface area contributed by atoms with E-state index in [0.29, 0.717) is 0 Å². The molecule has 1 N–H and O–H groups in total. The average molecular weight is 646 g/mol. The van der Waals surface area contributed by atoms with Crippen molar-refractivity contribution < 1.29 is 0 Å². The van der Waals surface area contributed by atoms with E-state index in [4.69, 9.17) is 0 Å². The number of imidazole rings is 1. The van der Waals surface area contributed by atoms with E-state index < -0.39 is 0 Å².